The second-order valence-corrected chi connectivity index (χ2v) is 5.19. The summed E-state index contributed by atoms with van der Waals surface area (Å²) >= 11 is 1.77. The van der Waals surface area contributed by atoms with Crippen LogP contribution >= 0.6 is 11.8 Å². The van der Waals surface area contributed by atoms with E-state index in [1.54, 1.807) is 24.9 Å². The van der Waals surface area contributed by atoms with Crippen molar-refractivity contribution < 1.29 is 5.21 Å². The first-order valence-corrected chi connectivity index (χ1v) is 6.40. The highest BCUT2D eigenvalue weighted by Gasteiger charge is 2.10. The average Bonchev–Trinajstić information content (AvgIpc) is 2.28. The Balaban J connectivity index is 3.17. The van der Waals surface area contributed by atoms with E-state index in [1.807, 2.05) is 6.07 Å². The summed E-state index contributed by atoms with van der Waals surface area (Å²) in [5.41, 5.74) is 2.59. The molecule has 0 aliphatic rings. The molecule has 0 unspecified atom stereocenters. The molecule has 0 aliphatic heterocycles. The maximum absolute atomic E-state index is 8.74. The molecule has 0 amide bonds. The van der Waals surface area contributed by atoms with Gasteiger partial charge in [0.2, 0.25) is 0 Å². The molecule has 3 nitrogen and oxygen atoms in total. The van der Waals surface area contributed by atoms with Gasteiger partial charge < -0.3 is 5.21 Å². The molecule has 88 valence electrons. The SMILES string of the molecule is CCSc1cc(/C(C)=N/O)cnc1C(C)C. The Kier molecular flexibility index (Phi) is 4.80. The average molecular weight is 238 g/mol. The smallest absolute Gasteiger partial charge is 0.0852 e. The van der Waals surface area contributed by atoms with Crippen molar-refractivity contribution in [1.29, 1.82) is 0 Å². The first-order chi connectivity index (χ1) is 7.60. The molecule has 1 heterocycles. The van der Waals surface area contributed by atoms with E-state index in [0.717, 1.165) is 17.0 Å². The second kappa shape index (κ2) is 5.89. The Morgan fingerprint density at radius 3 is 2.75 bits per heavy atom. The van der Waals surface area contributed by atoms with E-state index in [0.29, 0.717) is 11.6 Å². The van der Waals surface area contributed by atoms with Gasteiger partial charge in [0.1, 0.15) is 0 Å². The summed E-state index contributed by atoms with van der Waals surface area (Å²) in [5, 5.41) is 11.9. The standard InChI is InChI=1S/C12H18N2OS/c1-5-16-11-6-10(9(4)14-15)7-13-12(11)8(2)3/h6-8,15H,5H2,1-4H3/b14-9+. The molecule has 0 fully saturated rings. The topological polar surface area (TPSA) is 45.5 Å². The lowest BCUT2D eigenvalue weighted by molar-refractivity contribution is 0.319. The van der Waals surface area contributed by atoms with Gasteiger partial charge in [-0.15, -0.1) is 11.8 Å². The summed E-state index contributed by atoms with van der Waals surface area (Å²) in [5.74, 6) is 1.43. The fourth-order valence-electron chi connectivity index (χ4n) is 1.42. The minimum Gasteiger partial charge on any atom is -0.411 e. The number of hydrogen-bond acceptors (Lipinski definition) is 4. The van der Waals surface area contributed by atoms with Crippen LogP contribution in [0.2, 0.25) is 0 Å². The van der Waals surface area contributed by atoms with Gasteiger partial charge in [0.15, 0.2) is 0 Å². The first kappa shape index (κ1) is 13.0. The van der Waals surface area contributed by atoms with Gasteiger partial charge in [-0.3, -0.25) is 4.98 Å². The van der Waals surface area contributed by atoms with Crippen LogP contribution in [0, 0.1) is 0 Å². The van der Waals surface area contributed by atoms with E-state index in [9.17, 15) is 0 Å². The summed E-state index contributed by atoms with van der Waals surface area (Å²) < 4.78 is 0. The minimum atomic E-state index is 0.412. The molecule has 4 heteroatoms. The van der Waals surface area contributed by atoms with Gasteiger partial charge in [0.05, 0.1) is 11.4 Å². The number of oxime groups is 1. The fourth-order valence-corrected chi connectivity index (χ4v) is 2.37. The minimum absolute atomic E-state index is 0.412. The molecule has 0 radical (unpaired) electrons. The van der Waals surface area contributed by atoms with Crippen LogP contribution < -0.4 is 0 Å². The van der Waals surface area contributed by atoms with Gasteiger partial charge in [-0.1, -0.05) is 25.9 Å². The second-order valence-electron chi connectivity index (χ2n) is 3.88. The molecule has 0 spiro atoms. The van der Waals surface area contributed by atoms with Crippen molar-refractivity contribution in [2.24, 2.45) is 5.16 Å². The van der Waals surface area contributed by atoms with E-state index in [1.165, 1.54) is 4.90 Å². The van der Waals surface area contributed by atoms with Crippen molar-refractivity contribution in [3.05, 3.63) is 23.5 Å². The zero-order valence-electron chi connectivity index (χ0n) is 10.2. The number of rotatable bonds is 4. The third-order valence-corrected chi connectivity index (χ3v) is 3.22. The zero-order chi connectivity index (χ0) is 12.1. The highest BCUT2D eigenvalue weighted by atomic mass is 32.2. The highest BCUT2D eigenvalue weighted by Crippen LogP contribution is 2.27. The molecule has 0 saturated carbocycles. The molecular weight excluding hydrogens is 220 g/mol. The fraction of sp³-hybridized carbons (Fsp3) is 0.500. The summed E-state index contributed by atoms with van der Waals surface area (Å²) in [6.07, 6.45) is 1.77. The number of hydrogen-bond donors (Lipinski definition) is 1. The van der Waals surface area contributed by atoms with Crippen molar-refractivity contribution in [3.63, 3.8) is 0 Å². The molecule has 16 heavy (non-hydrogen) atoms. The number of aromatic nitrogens is 1. The Morgan fingerprint density at radius 2 is 2.25 bits per heavy atom. The molecule has 1 aromatic heterocycles. The Bertz CT molecular complexity index is 389. The van der Waals surface area contributed by atoms with Gasteiger partial charge >= 0.3 is 0 Å². The molecule has 0 saturated heterocycles. The van der Waals surface area contributed by atoms with Gasteiger partial charge in [-0.25, -0.2) is 0 Å². The lowest BCUT2D eigenvalue weighted by Crippen LogP contribution is -2.01. The van der Waals surface area contributed by atoms with Crippen LogP contribution in [0.4, 0.5) is 0 Å². The van der Waals surface area contributed by atoms with E-state index in [4.69, 9.17) is 5.21 Å². The van der Waals surface area contributed by atoms with Gasteiger partial charge in [-0.05, 0) is 24.7 Å². The van der Waals surface area contributed by atoms with Crippen molar-refractivity contribution >= 4 is 17.5 Å². The van der Waals surface area contributed by atoms with Crippen molar-refractivity contribution in [2.45, 2.75) is 38.5 Å². The Morgan fingerprint density at radius 1 is 1.56 bits per heavy atom. The molecular formula is C12H18N2OS. The van der Waals surface area contributed by atoms with Crippen LogP contribution in [0.5, 0.6) is 0 Å². The van der Waals surface area contributed by atoms with Crippen molar-refractivity contribution in [3.8, 4) is 0 Å². The quantitative estimate of drug-likeness (QED) is 0.378. The molecule has 0 bridgehead atoms. The Labute approximate surface area is 101 Å². The van der Waals surface area contributed by atoms with Crippen LogP contribution in [-0.4, -0.2) is 21.7 Å². The monoisotopic (exact) mass is 238 g/mol. The van der Waals surface area contributed by atoms with E-state index in [-0.39, 0.29) is 0 Å². The van der Waals surface area contributed by atoms with Crippen molar-refractivity contribution in [1.82, 2.24) is 4.98 Å². The lowest BCUT2D eigenvalue weighted by Gasteiger charge is -2.11. The normalized spacial score (nSPS) is 12.2. The molecule has 1 rings (SSSR count). The zero-order valence-corrected chi connectivity index (χ0v) is 11.0. The third-order valence-electron chi connectivity index (χ3n) is 2.30. The highest BCUT2D eigenvalue weighted by molar-refractivity contribution is 7.99. The largest absolute Gasteiger partial charge is 0.411 e. The number of thioether (sulfide) groups is 1. The van der Waals surface area contributed by atoms with Crippen molar-refractivity contribution in [2.75, 3.05) is 5.75 Å². The van der Waals surface area contributed by atoms with Gasteiger partial charge in [-0.2, -0.15) is 0 Å². The maximum Gasteiger partial charge on any atom is 0.0852 e. The summed E-state index contributed by atoms with van der Waals surface area (Å²) in [4.78, 5) is 5.63. The van der Waals surface area contributed by atoms with E-state index in [2.05, 4.69) is 30.9 Å². The first-order valence-electron chi connectivity index (χ1n) is 5.41. The van der Waals surface area contributed by atoms with Gasteiger partial charge in [0.25, 0.3) is 0 Å². The maximum atomic E-state index is 8.74. The number of nitrogens with zero attached hydrogens (tertiary/aromatic N) is 2. The molecule has 0 aromatic carbocycles. The Hall–Kier alpha value is -1.03. The van der Waals surface area contributed by atoms with Crippen LogP contribution in [0.3, 0.4) is 0 Å². The van der Waals surface area contributed by atoms with Gasteiger partial charge in [0, 0.05) is 16.7 Å². The van der Waals surface area contributed by atoms with Crippen LogP contribution in [0.1, 0.15) is 44.9 Å². The lowest BCUT2D eigenvalue weighted by atomic mass is 10.1. The molecule has 1 N–H and O–H groups in total. The molecule has 0 atom stereocenters. The van der Waals surface area contributed by atoms with Crippen LogP contribution in [0.25, 0.3) is 0 Å². The summed E-state index contributed by atoms with van der Waals surface area (Å²) in [7, 11) is 0. The predicted molar refractivity (Wildman–Crippen MR) is 68.7 cm³/mol. The van der Waals surface area contributed by atoms with E-state index >= 15 is 0 Å². The third kappa shape index (κ3) is 2.98. The molecule has 0 aliphatic carbocycles. The van der Waals surface area contributed by atoms with E-state index < -0.39 is 0 Å². The summed E-state index contributed by atoms with van der Waals surface area (Å²) in [6, 6.07) is 2.05. The predicted octanol–water partition coefficient (Wildman–Crippen LogP) is 3.52. The van der Waals surface area contributed by atoms with Crippen LogP contribution in [0.15, 0.2) is 22.3 Å². The molecule has 1 aromatic rings. The summed E-state index contributed by atoms with van der Waals surface area (Å²) in [6.45, 7) is 8.16. The van der Waals surface area contributed by atoms with Crippen LogP contribution in [-0.2, 0) is 0 Å². The number of pyridine rings is 1.